The summed E-state index contributed by atoms with van der Waals surface area (Å²) >= 11 is 5.59. The molecule has 0 radical (unpaired) electrons. The van der Waals surface area contributed by atoms with E-state index in [2.05, 4.69) is 15.6 Å². The third-order valence-electron chi connectivity index (χ3n) is 6.66. The molecule has 2 aliphatic rings. The second kappa shape index (κ2) is 12.8. The minimum Gasteiger partial charge on any atom is -0.386 e. The Hall–Kier alpha value is -3.51. The number of primary amides is 1. The molecule has 40 heavy (non-hydrogen) atoms. The lowest BCUT2D eigenvalue weighted by Gasteiger charge is -2.23. The molecule has 1 atom stereocenters. The number of carbonyl (C=O) groups is 2. The van der Waals surface area contributed by atoms with Crippen molar-refractivity contribution in [1.29, 1.82) is 0 Å². The molecular weight excluding hydrogens is 535 g/mol. The number of benzene rings is 1. The van der Waals surface area contributed by atoms with Gasteiger partial charge in [-0.2, -0.15) is 0 Å². The predicted molar refractivity (Wildman–Crippen MR) is 153 cm³/mol. The van der Waals surface area contributed by atoms with Gasteiger partial charge in [0.2, 0.25) is 5.91 Å². The van der Waals surface area contributed by atoms with E-state index < -0.39 is 17.3 Å². The molecule has 1 fully saturated rings. The molecular formula is C29H33FN4O5S. The summed E-state index contributed by atoms with van der Waals surface area (Å²) in [4.78, 5) is 29.3. The Bertz CT molecular complexity index is 1360. The van der Waals surface area contributed by atoms with Crippen molar-refractivity contribution in [3.8, 4) is 0 Å². The predicted octanol–water partition coefficient (Wildman–Crippen LogP) is 3.13. The van der Waals surface area contributed by atoms with E-state index in [1.54, 1.807) is 44.2 Å². The summed E-state index contributed by atoms with van der Waals surface area (Å²) in [5.74, 6) is -0.739. The Morgan fingerprint density at radius 3 is 2.77 bits per heavy atom. The summed E-state index contributed by atoms with van der Waals surface area (Å²) in [7, 11) is 0. The zero-order valence-corrected chi connectivity index (χ0v) is 23.3. The highest BCUT2D eigenvalue weighted by Gasteiger charge is 2.25. The maximum absolute atomic E-state index is 15.0. The summed E-state index contributed by atoms with van der Waals surface area (Å²) in [5.41, 5.74) is 6.65. The van der Waals surface area contributed by atoms with Crippen molar-refractivity contribution >= 4 is 40.3 Å². The maximum Gasteiger partial charge on any atom is 0.250 e. The number of nitrogens with two attached hydrogens (primary N) is 1. The highest BCUT2D eigenvalue weighted by atomic mass is 32.1. The molecule has 1 aliphatic carbocycles. The number of hydrogen-bond acceptors (Lipinski definition) is 8. The van der Waals surface area contributed by atoms with Crippen LogP contribution in [-0.4, -0.2) is 53.1 Å². The number of aliphatic hydroxyl groups is 1. The van der Waals surface area contributed by atoms with Crippen LogP contribution in [0.3, 0.4) is 0 Å². The molecule has 1 aromatic carbocycles. The molecule has 1 aromatic heterocycles. The number of halogens is 1. The number of thiocarbonyl (C=S) groups is 1. The van der Waals surface area contributed by atoms with E-state index in [0.29, 0.717) is 52.3 Å². The van der Waals surface area contributed by atoms with Gasteiger partial charge in [0.25, 0.3) is 5.91 Å². The van der Waals surface area contributed by atoms with Crippen LogP contribution in [0.1, 0.15) is 43.5 Å². The number of rotatable bonds is 11. The third kappa shape index (κ3) is 7.57. The van der Waals surface area contributed by atoms with E-state index >= 15 is 0 Å². The fourth-order valence-corrected chi connectivity index (χ4v) is 4.75. The monoisotopic (exact) mass is 568 g/mol. The number of aromatic nitrogens is 1. The lowest BCUT2D eigenvalue weighted by Crippen LogP contribution is -2.32. The van der Waals surface area contributed by atoms with Crippen molar-refractivity contribution in [3.05, 3.63) is 76.4 Å². The van der Waals surface area contributed by atoms with Crippen LogP contribution in [0.5, 0.6) is 0 Å². The fourth-order valence-electron chi connectivity index (χ4n) is 4.43. The van der Waals surface area contributed by atoms with Gasteiger partial charge in [-0.15, -0.1) is 0 Å². The number of carbonyl (C=O) groups excluding carboxylic acids is 2. The zero-order chi connectivity index (χ0) is 28.9. The molecule has 0 bridgehead atoms. The van der Waals surface area contributed by atoms with Crippen molar-refractivity contribution in [2.24, 2.45) is 11.7 Å². The van der Waals surface area contributed by atoms with Gasteiger partial charge >= 0.3 is 0 Å². The van der Waals surface area contributed by atoms with Crippen LogP contribution in [0.25, 0.3) is 5.57 Å². The van der Waals surface area contributed by atoms with E-state index in [-0.39, 0.29) is 36.7 Å². The second-order valence-corrected chi connectivity index (χ2v) is 10.8. The van der Waals surface area contributed by atoms with Crippen molar-refractivity contribution in [2.45, 2.75) is 38.9 Å². The van der Waals surface area contributed by atoms with Gasteiger partial charge in [0.1, 0.15) is 18.2 Å². The first kappa shape index (κ1) is 29.5. The molecule has 2 heterocycles. The average molecular weight is 569 g/mol. The quantitative estimate of drug-likeness (QED) is 0.304. The molecule has 1 saturated heterocycles. The molecule has 9 nitrogen and oxygen atoms in total. The molecule has 1 aliphatic heterocycles. The fraction of sp³-hybridized carbons (Fsp3) is 0.379. The first-order chi connectivity index (χ1) is 19.0. The normalized spacial score (nSPS) is 17.6. The summed E-state index contributed by atoms with van der Waals surface area (Å²) in [6, 6.07) is 9.66. The van der Waals surface area contributed by atoms with Crippen LogP contribution >= 0.6 is 12.2 Å². The van der Waals surface area contributed by atoms with Crippen LogP contribution in [-0.2, 0) is 31.3 Å². The Morgan fingerprint density at radius 1 is 1.30 bits per heavy atom. The molecule has 1 unspecified atom stereocenters. The lowest BCUT2D eigenvalue weighted by molar-refractivity contribution is -0.126. The number of nitrogens with zero attached hydrogens (tertiary/aromatic N) is 1. The van der Waals surface area contributed by atoms with Gasteiger partial charge in [-0.25, -0.2) is 9.37 Å². The number of allylic oxidation sites excluding steroid dienone is 2. The smallest absolute Gasteiger partial charge is 0.250 e. The molecule has 0 saturated carbocycles. The molecule has 0 spiro atoms. The van der Waals surface area contributed by atoms with Gasteiger partial charge in [0, 0.05) is 35.9 Å². The molecule has 11 heteroatoms. The van der Waals surface area contributed by atoms with Crippen LogP contribution in [0.15, 0.2) is 53.7 Å². The van der Waals surface area contributed by atoms with E-state index in [4.69, 9.17) is 27.4 Å². The van der Waals surface area contributed by atoms with Crippen molar-refractivity contribution in [2.75, 3.05) is 31.7 Å². The van der Waals surface area contributed by atoms with Crippen LogP contribution in [0, 0.1) is 11.7 Å². The van der Waals surface area contributed by atoms with Crippen molar-refractivity contribution in [1.82, 2.24) is 10.3 Å². The first-order valence-corrected chi connectivity index (χ1v) is 13.4. The van der Waals surface area contributed by atoms with Crippen molar-refractivity contribution < 1.29 is 28.6 Å². The molecule has 2 amide bonds. The summed E-state index contributed by atoms with van der Waals surface area (Å²) in [5, 5.41) is 16.1. The van der Waals surface area contributed by atoms with Crippen LogP contribution < -0.4 is 16.4 Å². The first-order valence-electron chi connectivity index (χ1n) is 13.0. The molecule has 212 valence electrons. The molecule has 5 N–H and O–H groups in total. The van der Waals surface area contributed by atoms with Crippen molar-refractivity contribution in [3.63, 3.8) is 0 Å². The summed E-state index contributed by atoms with van der Waals surface area (Å²) in [6.07, 6.45) is 2.65. The maximum atomic E-state index is 15.0. The van der Waals surface area contributed by atoms with Crippen LogP contribution in [0.4, 0.5) is 10.2 Å². The lowest BCUT2D eigenvalue weighted by atomic mass is 9.89. The standard InChI is InChI=1S/C29H33FN4O5S/c1-29(2,37)19-6-7-21(23(30)12-19)18-10-22(28(31)36)27(24(40)11-18)34-25-5-3-4-20(33-25)15-39-16-26(35)32-13-17-8-9-38-14-17/h3-7,10,12,17,37H,8-9,11,13-16H2,1-2H3,(H2,31,36)(H,32,35)(H,33,34). The number of ether oxygens (including phenoxy) is 2. The average Bonchev–Trinajstić information content (AvgIpc) is 3.42. The zero-order valence-electron chi connectivity index (χ0n) is 22.5. The van der Waals surface area contributed by atoms with Gasteiger partial charge in [-0.1, -0.05) is 30.4 Å². The van der Waals surface area contributed by atoms with Gasteiger partial charge in [0.05, 0.1) is 35.8 Å². The number of anilines is 1. The Kier molecular flexibility index (Phi) is 9.41. The van der Waals surface area contributed by atoms with Gasteiger partial charge in [-0.05, 0) is 55.7 Å². The number of pyridine rings is 1. The van der Waals surface area contributed by atoms with E-state index in [1.165, 1.54) is 12.1 Å². The van der Waals surface area contributed by atoms with E-state index in [9.17, 15) is 19.1 Å². The minimum atomic E-state index is -1.20. The third-order valence-corrected chi connectivity index (χ3v) is 7.01. The van der Waals surface area contributed by atoms with E-state index in [0.717, 1.165) is 13.0 Å². The summed E-state index contributed by atoms with van der Waals surface area (Å²) in [6.45, 7) is 5.09. The highest BCUT2D eigenvalue weighted by molar-refractivity contribution is 7.81. The van der Waals surface area contributed by atoms with Gasteiger partial charge in [-0.3, -0.25) is 9.59 Å². The molecule has 2 aromatic rings. The second-order valence-electron chi connectivity index (χ2n) is 10.3. The van der Waals surface area contributed by atoms with Gasteiger partial charge < -0.3 is 30.9 Å². The minimum absolute atomic E-state index is 0.102. The van der Waals surface area contributed by atoms with Crippen LogP contribution in [0.2, 0.25) is 0 Å². The molecule has 4 rings (SSSR count). The highest BCUT2D eigenvalue weighted by Crippen LogP contribution is 2.33. The van der Waals surface area contributed by atoms with E-state index in [1.807, 2.05) is 0 Å². The number of amides is 2. The Morgan fingerprint density at radius 2 is 2.10 bits per heavy atom. The number of nitrogens with one attached hydrogen (secondary N) is 2. The Labute approximate surface area is 237 Å². The topological polar surface area (TPSA) is 136 Å². The Balaban J connectivity index is 1.44. The summed E-state index contributed by atoms with van der Waals surface area (Å²) < 4.78 is 25.8. The van der Waals surface area contributed by atoms with Gasteiger partial charge in [0.15, 0.2) is 0 Å². The SMILES string of the molecule is CC(C)(O)c1ccc(C2=CC(C(N)=O)=C(Nc3cccc(COCC(=O)NCC4CCOC4)n3)C(=S)C2)c(F)c1. The largest absolute Gasteiger partial charge is 0.386 e. The number of hydrogen-bond donors (Lipinski definition) is 4.